The monoisotopic (exact) mass is 487 g/mol. The van der Waals surface area contributed by atoms with Gasteiger partial charge < -0.3 is 19.1 Å². The number of rotatable bonds is 7. The Labute approximate surface area is 207 Å². The van der Waals surface area contributed by atoms with Crippen molar-refractivity contribution in [3.05, 3.63) is 71.7 Å². The average molecular weight is 488 g/mol. The molecular formula is C27H25N3O4S. The highest BCUT2D eigenvalue weighted by Gasteiger charge is 2.32. The van der Waals surface area contributed by atoms with E-state index in [0.717, 1.165) is 38.3 Å². The van der Waals surface area contributed by atoms with Gasteiger partial charge in [-0.1, -0.05) is 6.07 Å². The Hall–Kier alpha value is -3.91. The molecule has 0 N–H and O–H groups in total. The lowest BCUT2D eigenvalue weighted by atomic mass is 10.1. The molecular weight excluding hydrogens is 462 g/mol. The number of pyridine rings is 1. The second kappa shape index (κ2) is 9.76. The van der Waals surface area contributed by atoms with E-state index in [1.807, 2.05) is 67.6 Å². The fourth-order valence-corrected chi connectivity index (χ4v) is 4.89. The highest BCUT2D eigenvalue weighted by molar-refractivity contribution is 7.15. The molecule has 35 heavy (non-hydrogen) atoms. The minimum Gasteiger partial charge on any atom is -0.497 e. The van der Waals surface area contributed by atoms with E-state index in [4.69, 9.17) is 19.2 Å². The third kappa shape index (κ3) is 4.70. The molecule has 0 radical (unpaired) electrons. The smallest absolute Gasteiger partial charge is 0.267 e. The van der Waals surface area contributed by atoms with Gasteiger partial charge in [0.15, 0.2) is 6.10 Å². The third-order valence-corrected chi connectivity index (χ3v) is 6.76. The van der Waals surface area contributed by atoms with Crippen molar-refractivity contribution in [1.29, 1.82) is 0 Å². The number of methoxy groups -OCH3 is 1. The van der Waals surface area contributed by atoms with Crippen LogP contribution in [0.1, 0.15) is 11.8 Å². The number of hydrogen-bond acceptors (Lipinski definition) is 7. The number of anilines is 1. The number of hydrogen-bond donors (Lipinski definition) is 0. The highest BCUT2D eigenvalue weighted by Crippen LogP contribution is 2.40. The van der Waals surface area contributed by atoms with Crippen molar-refractivity contribution in [2.24, 2.45) is 0 Å². The quantitative estimate of drug-likeness (QED) is 0.348. The van der Waals surface area contributed by atoms with Gasteiger partial charge in [-0.2, -0.15) is 0 Å². The summed E-state index contributed by atoms with van der Waals surface area (Å²) in [4.78, 5) is 25.1. The fraction of sp³-hybridized carbons (Fsp3) is 0.222. The number of ether oxygens (including phenoxy) is 3. The maximum Gasteiger partial charge on any atom is 0.267 e. The van der Waals surface area contributed by atoms with Gasteiger partial charge in [0.2, 0.25) is 0 Å². The molecule has 0 fully saturated rings. The van der Waals surface area contributed by atoms with Gasteiger partial charge >= 0.3 is 0 Å². The molecule has 2 aromatic heterocycles. The predicted molar refractivity (Wildman–Crippen MR) is 136 cm³/mol. The number of nitrogens with zero attached hydrogens (tertiary/aromatic N) is 3. The number of carbonyl (C=O) groups excluding carboxylic acids is 1. The van der Waals surface area contributed by atoms with E-state index < -0.39 is 6.10 Å². The van der Waals surface area contributed by atoms with Crippen LogP contribution in [0.5, 0.6) is 17.2 Å². The first-order valence-corrected chi connectivity index (χ1v) is 12.1. The van der Waals surface area contributed by atoms with Crippen molar-refractivity contribution < 1.29 is 19.0 Å². The Kier molecular flexibility index (Phi) is 6.37. The molecule has 7 nitrogen and oxygen atoms in total. The average Bonchev–Trinajstić information content (AvgIpc) is 3.28. The van der Waals surface area contributed by atoms with Crippen LogP contribution in [0.2, 0.25) is 0 Å². The summed E-state index contributed by atoms with van der Waals surface area (Å²) in [7, 11) is 1.62. The van der Waals surface area contributed by atoms with E-state index in [2.05, 4.69) is 4.98 Å². The van der Waals surface area contributed by atoms with Crippen LogP contribution in [0.3, 0.4) is 0 Å². The zero-order valence-corrected chi connectivity index (χ0v) is 20.5. The van der Waals surface area contributed by atoms with Crippen LogP contribution >= 0.6 is 11.3 Å². The number of carbonyl (C=O) groups is 1. The number of aryl methyl sites for hydroxylation is 1. The van der Waals surface area contributed by atoms with Gasteiger partial charge in [0.05, 0.1) is 30.7 Å². The highest BCUT2D eigenvalue weighted by atomic mass is 32.1. The number of fused-ring (bicyclic) bond motifs is 1. The molecule has 2 aromatic carbocycles. The second-order valence-electron chi connectivity index (χ2n) is 8.10. The normalized spacial score (nSPS) is 14.9. The lowest BCUT2D eigenvalue weighted by molar-refractivity contribution is -0.125. The number of thiazole rings is 1. The molecule has 0 bridgehead atoms. The zero-order chi connectivity index (χ0) is 24.4. The van der Waals surface area contributed by atoms with Crippen molar-refractivity contribution in [3.8, 4) is 39.2 Å². The van der Waals surface area contributed by atoms with Crippen LogP contribution < -0.4 is 19.1 Å². The molecule has 1 amide bonds. The van der Waals surface area contributed by atoms with E-state index in [1.165, 1.54) is 0 Å². The molecule has 5 rings (SSSR count). The minimum absolute atomic E-state index is 0.0999. The molecule has 178 valence electrons. The summed E-state index contributed by atoms with van der Waals surface area (Å²) in [5.74, 6) is 2.05. The lowest BCUT2D eigenvalue weighted by Gasteiger charge is -2.33. The summed E-state index contributed by atoms with van der Waals surface area (Å²) < 4.78 is 17.0. The van der Waals surface area contributed by atoms with E-state index >= 15 is 0 Å². The Morgan fingerprint density at radius 2 is 1.89 bits per heavy atom. The first-order chi connectivity index (χ1) is 17.0. The van der Waals surface area contributed by atoms with Crippen molar-refractivity contribution in [3.63, 3.8) is 0 Å². The molecule has 0 aliphatic carbocycles. The Balaban J connectivity index is 1.40. The Bertz CT molecular complexity index is 1340. The van der Waals surface area contributed by atoms with Gasteiger partial charge in [0.25, 0.3) is 5.91 Å². The summed E-state index contributed by atoms with van der Waals surface area (Å²) in [6.45, 7) is 4.54. The van der Waals surface area contributed by atoms with Crippen molar-refractivity contribution in [2.45, 2.75) is 20.0 Å². The molecule has 3 heterocycles. The fourth-order valence-electron chi connectivity index (χ4n) is 3.97. The van der Waals surface area contributed by atoms with Gasteiger partial charge in [-0.3, -0.25) is 9.78 Å². The molecule has 1 aliphatic heterocycles. The molecule has 0 spiro atoms. The summed E-state index contributed by atoms with van der Waals surface area (Å²) in [6, 6.07) is 19.0. The molecule has 1 aliphatic rings. The largest absolute Gasteiger partial charge is 0.497 e. The zero-order valence-electron chi connectivity index (χ0n) is 19.7. The molecule has 1 unspecified atom stereocenters. The van der Waals surface area contributed by atoms with Gasteiger partial charge in [0, 0.05) is 16.6 Å². The summed E-state index contributed by atoms with van der Waals surface area (Å²) in [6.07, 6.45) is 1.20. The maximum atomic E-state index is 13.0. The SMILES string of the molecule is COc1ccc(OCCN2C(=O)C(C)Oc3ccc(-c4nc(-c5ccccn5)sc4C)cc32)cc1. The first kappa shape index (κ1) is 22.9. The minimum atomic E-state index is -0.564. The van der Waals surface area contributed by atoms with Gasteiger partial charge in [-0.15, -0.1) is 11.3 Å². The number of benzene rings is 2. The lowest BCUT2D eigenvalue weighted by Crippen LogP contribution is -2.46. The standard InChI is InChI=1S/C27H25N3O4S/c1-17-27(31)30(14-15-33-21-10-8-20(32-3)9-11-21)23-16-19(7-12-24(23)34-17)25-18(2)35-26(29-25)22-6-4-5-13-28-22/h4-13,16-17H,14-15H2,1-3H3. The first-order valence-electron chi connectivity index (χ1n) is 11.3. The molecule has 4 aromatic rings. The van der Waals surface area contributed by atoms with Crippen LogP contribution in [0.4, 0.5) is 5.69 Å². The van der Waals surface area contributed by atoms with Gasteiger partial charge in [-0.25, -0.2) is 4.98 Å². The summed E-state index contributed by atoms with van der Waals surface area (Å²) >= 11 is 1.60. The van der Waals surface area contributed by atoms with Gasteiger partial charge in [0.1, 0.15) is 28.9 Å². The Morgan fingerprint density at radius 3 is 2.63 bits per heavy atom. The molecule has 0 saturated heterocycles. The van der Waals surface area contributed by atoms with Crippen LogP contribution in [-0.2, 0) is 4.79 Å². The summed E-state index contributed by atoms with van der Waals surface area (Å²) in [5.41, 5.74) is 3.36. The van der Waals surface area contributed by atoms with E-state index in [9.17, 15) is 4.79 Å². The predicted octanol–water partition coefficient (Wildman–Crippen LogP) is 5.38. The third-order valence-electron chi connectivity index (χ3n) is 5.76. The van der Waals surface area contributed by atoms with Crippen molar-refractivity contribution in [1.82, 2.24) is 9.97 Å². The molecule has 8 heteroatoms. The second-order valence-corrected chi connectivity index (χ2v) is 9.30. The van der Waals surface area contributed by atoms with Crippen LogP contribution in [0.15, 0.2) is 66.9 Å². The Morgan fingerprint density at radius 1 is 1.09 bits per heavy atom. The van der Waals surface area contributed by atoms with Gasteiger partial charge in [-0.05, 0) is 68.4 Å². The topological polar surface area (TPSA) is 73.8 Å². The molecule has 1 atom stereocenters. The van der Waals surface area contributed by atoms with Crippen LogP contribution in [0, 0.1) is 6.92 Å². The maximum absolute atomic E-state index is 13.0. The number of aromatic nitrogens is 2. The number of amides is 1. The van der Waals surface area contributed by atoms with Crippen LogP contribution in [0.25, 0.3) is 22.0 Å². The van der Waals surface area contributed by atoms with Crippen LogP contribution in [-0.4, -0.2) is 42.2 Å². The van der Waals surface area contributed by atoms with E-state index in [1.54, 1.807) is 36.5 Å². The molecule has 0 saturated carbocycles. The van der Waals surface area contributed by atoms with Crippen molar-refractivity contribution in [2.75, 3.05) is 25.2 Å². The van der Waals surface area contributed by atoms with Crippen molar-refractivity contribution >= 4 is 22.9 Å². The van der Waals surface area contributed by atoms with E-state index in [0.29, 0.717) is 24.7 Å². The van der Waals surface area contributed by atoms with E-state index in [-0.39, 0.29) is 5.91 Å². The summed E-state index contributed by atoms with van der Waals surface area (Å²) in [5, 5.41) is 0.863.